The van der Waals surface area contributed by atoms with E-state index >= 15 is 4.39 Å². The van der Waals surface area contributed by atoms with Crippen LogP contribution in [0.4, 0.5) is 39.3 Å². The molecule has 0 amide bonds. The minimum absolute atomic E-state index is 0.00775. The van der Waals surface area contributed by atoms with Crippen LogP contribution in [0.5, 0.6) is 11.9 Å². The molecular weight excluding hydrogens is 599 g/mol. The van der Waals surface area contributed by atoms with Crippen LogP contribution in [0, 0.1) is 18.6 Å². The lowest BCUT2D eigenvalue weighted by atomic mass is 9.96. The summed E-state index contributed by atoms with van der Waals surface area (Å²) in [6.07, 6.45) is -1.63. The Balaban J connectivity index is 1.59. The third-order valence-corrected chi connectivity index (χ3v) is 8.49. The number of benzene rings is 1. The average Bonchev–Trinajstić information content (AvgIpc) is 3.31. The lowest BCUT2D eigenvalue weighted by Gasteiger charge is -2.30. The molecule has 15 heteroatoms. The fourth-order valence-electron chi connectivity index (χ4n) is 6.07. The molecule has 2 aliphatic heterocycles. The Morgan fingerprint density at radius 3 is 2.60 bits per heavy atom. The molecule has 45 heavy (non-hydrogen) atoms. The van der Waals surface area contributed by atoms with Gasteiger partial charge in [-0.3, -0.25) is 0 Å². The van der Waals surface area contributed by atoms with Crippen LogP contribution >= 0.6 is 0 Å². The Bertz CT molecular complexity index is 1790. The van der Waals surface area contributed by atoms with Gasteiger partial charge in [0.05, 0.1) is 23.8 Å². The maximum Gasteiger partial charge on any atom is 0.417 e. The summed E-state index contributed by atoms with van der Waals surface area (Å²) in [5.74, 6) is -2.17. The summed E-state index contributed by atoms with van der Waals surface area (Å²) in [6, 6.07) is 3.70. The number of halogens is 5. The van der Waals surface area contributed by atoms with Gasteiger partial charge in [-0.1, -0.05) is 6.07 Å². The third kappa shape index (κ3) is 5.38. The summed E-state index contributed by atoms with van der Waals surface area (Å²) in [4.78, 5) is 21.3. The van der Waals surface area contributed by atoms with Gasteiger partial charge in [-0.2, -0.15) is 23.1 Å². The van der Waals surface area contributed by atoms with Gasteiger partial charge in [-0.15, -0.1) is 0 Å². The highest BCUT2D eigenvalue weighted by Crippen LogP contribution is 2.46. The number of rotatable bonds is 6. The summed E-state index contributed by atoms with van der Waals surface area (Å²) in [7, 11) is 1.97. The zero-order valence-electron chi connectivity index (χ0n) is 24.8. The molecule has 0 spiro atoms. The first-order chi connectivity index (χ1) is 21.4. The van der Waals surface area contributed by atoms with Gasteiger partial charge in [0.1, 0.15) is 47.3 Å². The van der Waals surface area contributed by atoms with Crippen LogP contribution in [0.3, 0.4) is 0 Å². The Kier molecular flexibility index (Phi) is 7.75. The first-order valence-electron chi connectivity index (χ1n) is 14.4. The Morgan fingerprint density at radius 2 is 1.91 bits per heavy atom. The van der Waals surface area contributed by atoms with E-state index in [9.17, 15) is 17.6 Å². The molecule has 2 aliphatic rings. The van der Waals surface area contributed by atoms with Gasteiger partial charge < -0.3 is 30.7 Å². The van der Waals surface area contributed by atoms with Crippen molar-refractivity contribution in [1.29, 1.82) is 0 Å². The Hall–Kier alpha value is -4.53. The summed E-state index contributed by atoms with van der Waals surface area (Å²) in [5, 5.41) is 0.0359. The van der Waals surface area contributed by atoms with Crippen molar-refractivity contribution in [1.82, 2.24) is 24.8 Å². The quantitative estimate of drug-likeness (QED) is 0.214. The molecule has 0 aliphatic carbocycles. The second kappa shape index (κ2) is 11.4. The SMILES string of the molecule is Cc1c(F)c(N)cc(-c2nc3c4c(nc(OC[C@@H]5CCCN5C)nc4c2F)N([C@H](C)c2cccnc2N)CCO3)c1C(F)(F)F. The normalized spacial score (nSPS) is 17.8. The van der Waals surface area contributed by atoms with Crippen LogP contribution in [0.1, 0.15) is 42.5 Å². The van der Waals surface area contributed by atoms with E-state index in [1.165, 1.54) is 0 Å². The fraction of sp³-hybridized carbons (Fsp3) is 0.400. The number of ether oxygens (including phenoxy) is 2. The van der Waals surface area contributed by atoms with E-state index in [4.69, 9.17) is 20.9 Å². The van der Waals surface area contributed by atoms with E-state index < -0.39 is 51.9 Å². The van der Waals surface area contributed by atoms with Crippen LogP contribution in [0.15, 0.2) is 24.4 Å². The number of nitrogens with zero attached hydrogens (tertiary/aromatic N) is 6. The van der Waals surface area contributed by atoms with E-state index in [0.29, 0.717) is 5.56 Å². The highest BCUT2D eigenvalue weighted by atomic mass is 19.4. The van der Waals surface area contributed by atoms with Gasteiger partial charge in [0, 0.05) is 23.4 Å². The van der Waals surface area contributed by atoms with E-state index in [1.807, 2.05) is 18.9 Å². The second-order valence-corrected chi connectivity index (χ2v) is 11.2. The topological polar surface area (TPSA) is 129 Å². The zero-order chi connectivity index (χ0) is 32.2. The van der Waals surface area contributed by atoms with Gasteiger partial charge in [0.25, 0.3) is 0 Å². The van der Waals surface area contributed by atoms with Crippen LogP contribution in [-0.4, -0.2) is 64.2 Å². The van der Waals surface area contributed by atoms with Crippen molar-refractivity contribution >= 4 is 28.2 Å². The third-order valence-electron chi connectivity index (χ3n) is 8.49. The standard InChI is InChI=1S/C30H31F5N8O2/c1-14-21(30(33,34)35)18(12-19(36)22(14)31)24-23(32)25-20-27(41-29(40-25)45-13-16-6-5-9-42(16)3)43(10-11-44-28(20)39-24)15(2)17-7-4-8-38-26(17)37/h4,7-8,12,15-16H,5-6,9-11,13,36H2,1-3H3,(H2,37,38)/t15-,16+/m1/s1. The molecule has 5 heterocycles. The molecule has 4 aromatic rings. The summed E-state index contributed by atoms with van der Waals surface area (Å²) in [6.45, 7) is 4.11. The lowest BCUT2D eigenvalue weighted by Crippen LogP contribution is -2.32. The number of pyridine rings is 2. The first-order valence-corrected chi connectivity index (χ1v) is 14.4. The molecule has 0 radical (unpaired) electrons. The molecule has 238 valence electrons. The molecule has 1 fully saturated rings. The number of nitrogen functional groups attached to an aromatic ring is 2. The van der Waals surface area contributed by atoms with E-state index in [-0.39, 0.29) is 60.2 Å². The van der Waals surface area contributed by atoms with Crippen molar-refractivity contribution < 1.29 is 31.4 Å². The number of nitrogens with two attached hydrogens (primary N) is 2. The van der Waals surface area contributed by atoms with Crippen molar-refractivity contribution in [3.05, 3.63) is 52.7 Å². The molecule has 6 rings (SSSR count). The number of likely N-dealkylation sites (N-methyl/N-ethyl adjacent to an activating group) is 1. The monoisotopic (exact) mass is 630 g/mol. The van der Waals surface area contributed by atoms with Crippen molar-refractivity contribution in [3.63, 3.8) is 0 Å². The number of hydrogen-bond acceptors (Lipinski definition) is 10. The van der Waals surface area contributed by atoms with Gasteiger partial charge in [-0.25, -0.2) is 18.7 Å². The van der Waals surface area contributed by atoms with E-state index in [1.54, 1.807) is 18.3 Å². The summed E-state index contributed by atoms with van der Waals surface area (Å²) >= 11 is 0. The predicted octanol–water partition coefficient (Wildman–Crippen LogP) is 5.29. The smallest absolute Gasteiger partial charge is 0.417 e. The molecule has 1 aromatic carbocycles. The molecule has 2 atom stereocenters. The van der Waals surface area contributed by atoms with E-state index in [2.05, 4.69) is 24.8 Å². The highest BCUT2D eigenvalue weighted by Gasteiger charge is 2.40. The molecule has 10 nitrogen and oxygen atoms in total. The number of alkyl halides is 3. The maximum atomic E-state index is 16.6. The van der Waals surface area contributed by atoms with Gasteiger partial charge in [0.15, 0.2) is 5.82 Å². The molecular formula is C30H31F5N8O2. The minimum atomic E-state index is -5.06. The van der Waals surface area contributed by atoms with Crippen molar-refractivity contribution in [2.24, 2.45) is 0 Å². The number of anilines is 3. The van der Waals surface area contributed by atoms with Crippen molar-refractivity contribution in [3.8, 4) is 23.1 Å². The number of hydrogen-bond donors (Lipinski definition) is 2. The lowest BCUT2D eigenvalue weighted by molar-refractivity contribution is -0.137. The Morgan fingerprint density at radius 1 is 1.13 bits per heavy atom. The molecule has 0 unspecified atom stereocenters. The largest absolute Gasteiger partial charge is 0.475 e. The molecule has 1 saturated heterocycles. The van der Waals surface area contributed by atoms with Gasteiger partial charge >= 0.3 is 12.2 Å². The summed E-state index contributed by atoms with van der Waals surface area (Å²) < 4.78 is 86.0. The fourth-order valence-corrected chi connectivity index (χ4v) is 6.07. The Labute approximate surface area is 255 Å². The van der Waals surface area contributed by atoms with Crippen molar-refractivity contribution in [2.45, 2.75) is 44.9 Å². The maximum absolute atomic E-state index is 16.6. The van der Waals surface area contributed by atoms with Crippen LogP contribution in [-0.2, 0) is 6.18 Å². The van der Waals surface area contributed by atoms with Gasteiger partial charge in [-0.05, 0) is 58.0 Å². The van der Waals surface area contributed by atoms with Crippen LogP contribution in [0.25, 0.3) is 22.2 Å². The summed E-state index contributed by atoms with van der Waals surface area (Å²) in [5.41, 5.74) is 7.92. The molecule has 0 saturated carbocycles. The van der Waals surface area contributed by atoms with Crippen LogP contribution < -0.4 is 25.8 Å². The zero-order valence-corrected chi connectivity index (χ0v) is 24.8. The van der Waals surface area contributed by atoms with E-state index in [0.717, 1.165) is 32.4 Å². The highest BCUT2D eigenvalue weighted by molar-refractivity contribution is 5.97. The average molecular weight is 631 g/mol. The number of likely N-dealkylation sites (tertiary alicyclic amines) is 1. The minimum Gasteiger partial charge on any atom is -0.475 e. The first kappa shape index (κ1) is 30.5. The molecule has 3 aromatic heterocycles. The van der Waals surface area contributed by atoms with Gasteiger partial charge in [0.2, 0.25) is 5.88 Å². The second-order valence-electron chi connectivity index (χ2n) is 11.2. The van der Waals surface area contributed by atoms with Crippen molar-refractivity contribution in [2.75, 3.05) is 49.7 Å². The predicted molar refractivity (Wildman–Crippen MR) is 158 cm³/mol. The molecule has 0 bridgehead atoms. The number of aromatic nitrogens is 4. The van der Waals surface area contributed by atoms with Crippen LogP contribution in [0.2, 0.25) is 0 Å². The molecule has 4 N–H and O–H groups in total.